The third kappa shape index (κ3) is 4.83. The Hall–Kier alpha value is -3.60. The number of aromatic nitrogens is 2. The number of hydrogen-bond acceptors (Lipinski definition) is 7. The second kappa shape index (κ2) is 8.50. The number of rotatable bonds is 6. The van der Waals surface area contributed by atoms with Gasteiger partial charge in [0.05, 0.1) is 17.2 Å². The van der Waals surface area contributed by atoms with Gasteiger partial charge in [-0.1, -0.05) is 17.2 Å². The largest absolute Gasteiger partial charge is 0.407 e. The van der Waals surface area contributed by atoms with Crippen molar-refractivity contribution in [1.82, 2.24) is 10.2 Å². The van der Waals surface area contributed by atoms with Crippen LogP contribution in [0.15, 0.2) is 57.8 Å². The smallest absolute Gasteiger partial charge is 0.322 e. The summed E-state index contributed by atoms with van der Waals surface area (Å²) in [6.07, 6.45) is 1.26. The van der Waals surface area contributed by atoms with Gasteiger partial charge in [0.15, 0.2) is 9.84 Å². The number of nitrogens with zero attached hydrogens (tertiary/aromatic N) is 3. The van der Waals surface area contributed by atoms with E-state index >= 15 is 0 Å². The van der Waals surface area contributed by atoms with Crippen molar-refractivity contribution in [1.29, 1.82) is 0 Å². The minimum atomic E-state index is -3.33. The molecule has 1 atom stereocenters. The van der Waals surface area contributed by atoms with E-state index in [1.54, 1.807) is 12.1 Å². The summed E-state index contributed by atoms with van der Waals surface area (Å²) in [6.45, 7) is 0.280. The summed E-state index contributed by atoms with van der Waals surface area (Å²) in [5, 5.41) is 10.2. The van der Waals surface area contributed by atoms with E-state index < -0.39 is 15.7 Å². The Balaban J connectivity index is 1.39. The molecule has 4 rings (SSSR count). The van der Waals surface area contributed by atoms with Crippen LogP contribution in [0.3, 0.4) is 0 Å². The van der Waals surface area contributed by atoms with Gasteiger partial charge in [-0.25, -0.2) is 12.8 Å². The summed E-state index contributed by atoms with van der Waals surface area (Å²) >= 11 is 0. The molecule has 1 N–H and O–H groups in total. The number of benzene rings is 2. The molecule has 1 aromatic heterocycles. The Morgan fingerprint density at radius 3 is 2.50 bits per heavy atom. The van der Waals surface area contributed by atoms with Crippen molar-refractivity contribution in [2.24, 2.45) is 0 Å². The van der Waals surface area contributed by atoms with Gasteiger partial charge in [-0.2, -0.15) is 0 Å². The summed E-state index contributed by atoms with van der Waals surface area (Å²) < 4.78 is 41.7. The predicted octanol–water partition coefficient (Wildman–Crippen LogP) is 2.31. The molecule has 2 heterocycles. The highest BCUT2D eigenvalue weighted by Gasteiger charge is 2.35. The highest BCUT2D eigenvalue weighted by molar-refractivity contribution is 7.90. The Labute approximate surface area is 183 Å². The van der Waals surface area contributed by atoms with Crippen LogP contribution in [0.5, 0.6) is 0 Å². The molecule has 2 aromatic carbocycles. The van der Waals surface area contributed by atoms with Gasteiger partial charge in [0.1, 0.15) is 5.82 Å². The van der Waals surface area contributed by atoms with Crippen molar-refractivity contribution in [3.63, 3.8) is 0 Å². The van der Waals surface area contributed by atoms with E-state index in [9.17, 15) is 22.4 Å². The minimum absolute atomic E-state index is 0.0111. The van der Waals surface area contributed by atoms with Gasteiger partial charge < -0.3 is 9.32 Å². The summed E-state index contributed by atoms with van der Waals surface area (Å²) in [5.74, 6) is -1.11. The van der Waals surface area contributed by atoms with Gasteiger partial charge >= 0.3 is 6.01 Å². The molecular formula is C21H19FN4O5S. The summed E-state index contributed by atoms with van der Waals surface area (Å²) in [5.41, 5.74) is 1.19. The van der Waals surface area contributed by atoms with Crippen LogP contribution in [-0.4, -0.2) is 43.2 Å². The number of sulfone groups is 1. The standard InChI is InChI=1S/C21H19FN4O5S/c1-32(29,30)17-8-6-16(7-9-17)26-12-14(11-19(26)28)20-24-25-21(31-20)23-18(27)10-13-2-4-15(22)5-3-13/h2-9,14H,10-12H2,1H3,(H,23,25,27)/t14-/m1/s1. The van der Waals surface area contributed by atoms with Crippen molar-refractivity contribution < 1.29 is 26.8 Å². The molecule has 0 spiro atoms. The lowest BCUT2D eigenvalue weighted by atomic mass is 10.1. The van der Waals surface area contributed by atoms with Crippen LogP contribution >= 0.6 is 0 Å². The maximum absolute atomic E-state index is 13.0. The first kappa shape index (κ1) is 21.6. The van der Waals surface area contributed by atoms with Gasteiger partial charge in [0, 0.05) is 24.9 Å². The van der Waals surface area contributed by atoms with Crippen LogP contribution in [0.1, 0.15) is 23.8 Å². The minimum Gasteiger partial charge on any atom is -0.407 e. The van der Waals surface area contributed by atoms with E-state index in [1.165, 1.54) is 41.3 Å². The molecule has 1 aliphatic heterocycles. The predicted molar refractivity (Wildman–Crippen MR) is 112 cm³/mol. The molecule has 3 aromatic rings. The third-order valence-corrected chi connectivity index (χ3v) is 6.14. The topological polar surface area (TPSA) is 122 Å². The molecule has 0 radical (unpaired) electrons. The Morgan fingerprint density at radius 2 is 1.84 bits per heavy atom. The first-order valence-electron chi connectivity index (χ1n) is 9.67. The fraction of sp³-hybridized carbons (Fsp3) is 0.238. The zero-order chi connectivity index (χ0) is 22.9. The summed E-state index contributed by atoms with van der Waals surface area (Å²) in [6, 6.07) is 11.5. The van der Waals surface area contributed by atoms with Crippen molar-refractivity contribution in [3.05, 3.63) is 65.8 Å². The van der Waals surface area contributed by atoms with Gasteiger partial charge in [0.25, 0.3) is 0 Å². The van der Waals surface area contributed by atoms with E-state index in [4.69, 9.17) is 4.42 Å². The molecule has 1 aliphatic rings. The van der Waals surface area contributed by atoms with Gasteiger partial charge in [-0.05, 0) is 42.0 Å². The molecule has 11 heteroatoms. The second-order valence-electron chi connectivity index (χ2n) is 7.47. The molecule has 0 aliphatic carbocycles. The van der Waals surface area contributed by atoms with Crippen LogP contribution in [0, 0.1) is 5.82 Å². The molecule has 0 unspecified atom stereocenters. The number of hydrogen-bond donors (Lipinski definition) is 1. The monoisotopic (exact) mass is 458 g/mol. The van der Waals surface area contributed by atoms with Crippen LogP contribution in [-0.2, 0) is 25.8 Å². The number of halogens is 1. The molecule has 9 nitrogen and oxygen atoms in total. The number of carbonyl (C=O) groups is 2. The lowest BCUT2D eigenvalue weighted by Gasteiger charge is -2.16. The van der Waals surface area contributed by atoms with E-state index in [-0.39, 0.29) is 53.8 Å². The number of nitrogens with one attached hydrogen (secondary N) is 1. The molecule has 166 valence electrons. The SMILES string of the molecule is CS(=O)(=O)c1ccc(N2C[C@H](c3nnc(NC(=O)Cc4ccc(F)cc4)o3)CC2=O)cc1. The maximum Gasteiger partial charge on any atom is 0.322 e. The Kier molecular flexibility index (Phi) is 5.74. The quantitative estimate of drug-likeness (QED) is 0.601. The van der Waals surface area contributed by atoms with Crippen LogP contribution in [0.25, 0.3) is 0 Å². The zero-order valence-corrected chi connectivity index (χ0v) is 17.8. The normalized spacial score (nSPS) is 16.4. The molecule has 1 fully saturated rings. The van der Waals surface area contributed by atoms with Crippen LogP contribution in [0.2, 0.25) is 0 Å². The summed E-state index contributed by atoms with van der Waals surface area (Å²) in [4.78, 5) is 26.3. The van der Waals surface area contributed by atoms with E-state index in [0.29, 0.717) is 11.3 Å². The molecule has 0 bridgehead atoms. The van der Waals surface area contributed by atoms with E-state index in [2.05, 4.69) is 15.5 Å². The highest BCUT2D eigenvalue weighted by atomic mass is 32.2. The van der Waals surface area contributed by atoms with Crippen LogP contribution < -0.4 is 10.2 Å². The molecule has 1 saturated heterocycles. The highest BCUT2D eigenvalue weighted by Crippen LogP contribution is 2.32. The lowest BCUT2D eigenvalue weighted by molar-refractivity contribution is -0.117. The average Bonchev–Trinajstić information content (AvgIpc) is 3.35. The third-order valence-electron chi connectivity index (χ3n) is 5.02. The van der Waals surface area contributed by atoms with E-state index in [1.807, 2.05) is 0 Å². The fourth-order valence-corrected chi connectivity index (χ4v) is 4.03. The molecular weight excluding hydrogens is 439 g/mol. The molecule has 2 amide bonds. The van der Waals surface area contributed by atoms with Gasteiger partial charge in [-0.15, -0.1) is 5.10 Å². The Morgan fingerprint density at radius 1 is 1.16 bits per heavy atom. The lowest BCUT2D eigenvalue weighted by Crippen LogP contribution is -2.24. The fourth-order valence-electron chi connectivity index (χ4n) is 3.40. The molecule has 0 saturated carbocycles. The summed E-state index contributed by atoms with van der Waals surface area (Å²) in [7, 11) is -3.33. The van der Waals surface area contributed by atoms with Gasteiger partial charge in [-0.3, -0.25) is 14.9 Å². The second-order valence-corrected chi connectivity index (χ2v) is 9.48. The first-order valence-corrected chi connectivity index (χ1v) is 11.6. The van der Waals surface area contributed by atoms with Crippen LogP contribution in [0.4, 0.5) is 16.1 Å². The van der Waals surface area contributed by atoms with Crippen molar-refractivity contribution >= 4 is 33.4 Å². The number of anilines is 2. The first-order chi connectivity index (χ1) is 15.2. The zero-order valence-electron chi connectivity index (χ0n) is 17.0. The maximum atomic E-state index is 13.0. The van der Waals surface area contributed by atoms with Gasteiger partial charge in [0.2, 0.25) is 17.7 Å². The Bertz CT molecular complexity index is 1260. The van der Waals surface area contributed by atoms with Crippen molar-refractivity contribution in [3.8, 4) is 0 Å². The average molecular weight is 458 g/mol. The number of amides is 2. The number of carbonyl (C=O) groups excluding carboxylic acids is 2. The van der Waals surface area contributed by atoms with E-state index in [0.717, 1.165) is 6.26 Å². The van der Waals surface area contributed by atoms with Crippen molar-refractivity contribution in [2.75, 3.05) is 23.0 Å². The molecule has 32 heavy (non-hydrogen) atoms. The van der Waals surface area contributed by atoms with Crippen molar-refractivity contribution in [2.45, 2.75) is 23.7 Å².